The first kappa shape index (κ1) is 24.8. The van der Waals surface area contributed by atoms with Crippen LogP contribution in [0.5, 0.6) is 0 Å². The maximum absolute atomic E-state index is 14.5. The van der Waals surface area contributed by atoms with Gasteiger partial charge in [0.2, 0.25) is 11.0 Å². The fourth-order valence-electron chi connectivity index (χ4n) is 4.44. The molecule has 0 bridgehead atoms. The molecule has 1 unspecified atom stereocenters. The van der Waals surface area contributed by atoms with Crippen molar-refractivity contribution < 1.29 is 17.6 Å². The number of benzene rings is 1. The van der Waals surface area contributed by atoms with Crippen molar-refractivity contribution in [1.29, 1.82) is 0 Å². The Morgan fingerprint density at radius 1 is 1.15 bits per heavy atom. The van der Waals surface area contributed by atoms with Gasteiger partial charge >= 0.3 is 0 Å². The first-order chi connectivity index (χ1) is 15.9. The Balaban J connectivity index is 1.38. The van der Waals surface area contributed by atoms with Gasteiger partial charge in [-0.05, 0) is 43.9 Å². The van der Waals surface area contributed by atoms with E-state index in [1.54, 1.807) is 0 Å². The number of sulfone groups is 1. The second-order valence-corrected chi connectivity index (χ2v) is 12.9. The fourth-order valence-corrected chi connectivity index (χ4v) is 5.99. The van der Waals surface area contributed by atoms with E-state index in [2.05, 4.69) is 35.4 Å². The highest BCUT2D eigenvalue weighted by molar-refractivity contribution is 7.90. The van der Waals surface area contributed by atoms with Crippen LogP contribution in [-0.2, 0) is 20.0 Å². The largest absolute Gasteiger partial charge is 0.371 e. The third-order valence-electron chi connectivity index (χ3n) is 6.43. The monoisotopic (exact) mass is 509 g/mol. The van der Waals surface area contributed by atoms with Crippen molar-refractivity contribution in [3.05, 3.63) is 29.8 Å². The predicted molar refractivity (Wildman–Crippen MR) is 132 cm³/mol. The average Bonchev–Trinajstić information content (AvgIpc) is 3.27. The summed E-state index contributed by atoms with van der Waals surface area (Å²) >= 11 is 1.43. The summed E-state index contributed by atoms with van der Waals surface area (Å²) in [5.41, 5.74) is 0.0632. The number of nitrogens with one attached hydrogen (secondary N) is 1. The molecule has 1 atom stereocenters. The predicted octanol–water partition coefficient (Wildman–Crippen LogP) is 3.45. The minimum Gasteiger partial charge on any atom is -0.371 e. The molecule has 0 radical (unpaired) electrons. The van der Waals surface area contributed by atoms with E-state index < -0.39 is 21.7 Å². The number of hydrogen-bond donors (Lipinski definition) is 1. The molecule has 4 rings (SSSR count). The zero-order chi connectivity index (χ0) is 24.7. The minimum atomic E-state index is -3.49. The number of piperidine rings is 2. The minimum absolute atomic E-state index is 0.0257. The third-order valence-corrected chi connectivity index (χ3v) is 8.32. The highest BCUT2D eigenvalue weighted by Gasteiger charge is 2.35. The number of rotatable bonds is 5. The number of aromatic nitrogens is 2. The maximum atomic E-state index is 14.5. The third kappa shape index (κ3) is 5.35. The molecule has 1 aromatic heterocycles. The normalized spacial score (nSPS) is 20.6. The summed E-state index contributed by atoms with van der Waals surface area (Å²) in [6.45, 7) is 8.63. The molecule has 0 aliphatic carbocycles. The van der Waals surface area contributed by atoms with Crippen molar-refractivity contribution in [2.75, 3.05) is 36.1 Å². The van der Waals surface area contributed by atoms with E-state index in [1.165, 1.54) is 23.7 Å². The maximum Gasteiger partial charge on any atom is 0.245 e. The van der Waals surface area contributed by atoms with Crippen molar-refractivity contribution in [3.8, 4) is 0 Å². The van der Waals surface area contributed by atoms with Crippen molar-refractivity contribution >= 4 is 38.1 Å². The first-order valence-electron chi connectivity index (χ1n) is 11.6. The SMILES string of the molecule is CC(C)(C)c1nsc(N2CCC(N3CCCC(Nc4ccc(S(C)(=O)=O)cc4F)C3=O)CC2)n1. The Morgan fingerprint density at radius 2 is 1.85 bits per heavy atom. The van der Waals surface area contributed by atoms with E-state index in [0.717, 1.165) is 55.6 Å². The number of carbonyl (C=O) groups is 1. The van der Waals surface area contributed by atoms with E-state index in [9.17, 15) is 17.6 Å². The van der Waals surface area contributed by atoms with Gasteiger partial charge in [0, 0.05) is 48.9 Å². The van der Waals surface area contributed by atoms with Crippen LogP contribution in [0.1, 0.15) is 52.3 Å². The molecule has 8 nitrogen and oxygen atoms in total. The molecule has 2 aliphatic rings. The van der Waals surface area contributed by atoms with Gasteiger partial charge in [-0.25, -0.2) is 17.8 Å². The molecule has 2 aliphatic heterocycles. The van der Waals surface area contributed by atoms with Gasteiger partial charge in [-0.15, -0.1) is 0 Å². The lowest BCUT2D eigenvalue weighted by Crippen LogP contribution is -2.54. The summed E-state index contributed by atoms with van der Waals surface area (Å²) in [6.07, 6.45) is 4.18. The number of carbonyl (C=O) groups excluding carboxylic acids is 1. The van der Waals surface area contributed by atoms with Gasteiger partial charge in [-0.1, -0.05) is 20.8 Å². The summed E-state index contributed by atoms with van der Waals surface area (Å²) in [7, 11) is -3.49. The molecule has 1 aromatic carbocycles. The highest BCUT2D eigenvalue weighted by Crippen LogP contribution is 2.30. The van der Waals surface area contributed by atoms with Gasteiger partial charge in [0.15, 0.2) is 9.84 Å². The molecule has 1 N–H and O–H groups in total. The zero-order valence-corrected chi connectivity index (χ0v) is 21.7. The van der Waals surface area contributed by atoms with Crippen LogP contribution in [-0.4, -0.2) is 66.6 Å². The van der Waals surface area contributed by atoms with Gasteiger partial charge in [0.25, 0.3) is 0 Å². The molecule has 2 fully saturated rings. The molecule has 11 heteroatoms. The van der Waals surface area contributed by atoms with Crippen molar-refractivity contribution in [2.24, 2.45) is 0 Å². The summed E-state index contributed by atoms with van der Waals surface area (Å²) in [5, 5.41) is 3.94. The molecule has 3 heterocycles. The average molecular weight is 510 g/mol. The summed E-state index contributed by atoms with van der Waals surface area (Å²) < 4.78 is 42.4. The quantitative estimate of drug-likeness (QED) is 0.660. The second kappa shape index (κ2) is 9.41. The molecular weight excluding hydrogens is 477 g/mol. The smallest absolute Gasteiger partial charge is 0.245 e. The Bertz CT molecular complexity index is 1150. The molecule has 2 saturated heterocycles. The van der Waals surface area contributed by atoms with Crippen molar-refractivity contribution in [3.63, 3.8) is 0 Å². The fraction of sp³-hybridized carbons (Fsp3) is 0.609. The van der Waals surface area contributed by atoms with Crippen molar-refractivity contribution in [1.82, 2.24) is 14.3 Å². The Hall–Kier alpha value is -2.27. The van der Waals surface area contributed by atoms with Gasteiger partial charge in [-0.2, -0.15) is 4.37 Å². The van der Waals surface area contributed by atoms with Gasteiger partial charge in [0.05, 0.1) is 10.6 Å². The van der Waals surface area contributed by atoms with Gasteiger partial charge in [-0.3, -0.25) is 4.79 Å². The van der Waals surface area contributed by atoms with Crippen molar-refractivity contribution in [2.45, 2.75) is 68.8 Å². The molecule has 1 amide bonds. The number of hydrogen-bond acceptors (Lipinski definition) is 8. The van der Waals surface area contributed by atoms with E-state index in [4.69, 9.17) is 4.98 Å². The van der Waals surface area contributed by atoms with Crippen LogP contribution in [0.3, 0.4) is 0 Å². The van der Waals surface area contributed by atoms with Crippen LogP contribution in [0.25, 0.3) is 0 Å². The van der Waals surface area contributed by atoms with Gasteiger partial charge < -0.3 is 15.1 Å². The lowest BCUT2D eigenvalue weighted by Gasteiger charge is -2.42. The van der Waals surface area contributed by atoms with Crippen LogP contribution in [0, 0.1) is 5.82 Å². The lowest BCUT2D eigenvalue weighted by atomic mass is 9.96. The van der Waals surface area contributed by atoms with E-state index in [0.29, 0.717) is 13.0 Å². The molecule has 34 heavy (non-hydrogen) atoms. The number of anilines is 2. The van der Waals surface area contributed by atoms with Crippen LogP contribution >= 0.6 is 11.5 Å². The lowest BCUT2D eigenvalue weighted by molar-refractivity contribution is -0.137. The van der Waals surface area contributed by atoms with Gasteiger partial charge in [0.1, 0.15) is 17.7 Å². The standard InChI is InChI=1S/C23H32FN5O3S2/c1-23(2,3)21-26-22(33-27-21)28-12-9-15(10-13-28)29-11-5-6-19(20(29)30)25-18-8-7-16(14-17(18)24)34(4,31)32/h7-8,14-15,19,25H,5-6,9-13H2,1-4H3. The Labute approximate surface area is 204 Å². The second-order valence-electron chi connectivity index (χ2n) is 10.2. The zero-order valence-electron chi connectivity index (χ0n) is 20.0. The van der Waals surface area contributed by atoms with Crippen LogP contribution in [0.2, 0.25) is 0 Å². The molecule has 0 spiro atoms. The summed E-state index contributed by atoms with van der Waals surface area (Å²) in [4.78, 5) is 22.1. The van der Waals surface area contributed by atoms with E-state index >= 15 is 0 Å². The Kier molecular flexibility index (Phi) is 6.87. The summed E-state index contributed by atoms with van der Waals surface area (Å²) in [5.74, 6) is 0.154. The topological polar surface area (TPSA) is 95.5 Å². The number of amides is 1. The van der Waals surface area contributed by atoms with Crippen LogP contribution in [0.15, 0.2) is 23.1 Å². The number of nitrogens with zero attached hydrogens (tertiary/aromatic N) is 4. The number of halogens is 1. The number of likely N-dealkylation sites (tertiary alicyclic amines) is 1. The molecule has 0 saturated carbocycles. The molecule has 186 valence electrons. The molecule has 2 aromatic rings. The van der Waals surface area contributed by atoms with Crippen LogP contribution < -0.4 is 10.2 Å². The van der Waals surface area contributed by atoms with Crippen LogP contribution in [0.4, 0.5) is 15.2 Å². The highest BCUT2D eigenvalue weighted by atomic mass is 32.2. The molecular formula is C23H32FN5O3S2. The van der Waals surface area contributed by atoms with E-state index in [-0.39, 0.29) is 27.9 Å². The summed E-state index contributed by atoms with van der Waals surface area (Å²) in [6, 6.07) is 3.37. The first-order valence-corrected chi connectivity index (χ1v) is 14.3. The Morgan fingerprint density at radius 3 is 2.44 bits per heavy atom. The van der Waals surface area contributed by atoms with E-state index in [1.807, 2.05) is 4.90 Å².